The Kier molecular flexibility index (Phi) is 8.37. The predicted octanol–water partition coefficient (Wildman–Crippen LogP) is 1.18. The summed E-state index contributed by atoms with van der Waals surface area (Å²) in [5.41, 5.74) is 0. The third-order valence-electron chi connectivity index (χ3n) is 4.63. The summed E-state index contributed by atoms with van der Waals surface area (Å²) in [6.07, 6.45) is 3.66. The second kappa shape index (κ2) is 9.21. The molecule has 0 aromatic carbocycles. The van der Waals surface area contributed by atoms with Crippen LogP contribution in [0.25, 0.3) is 0 Å². The average molecular weight is 306 g/mol. The lowest BCUT2D eigenvalue weighted by Crippen LogP contribution is -2.55. The molecule has 0 aromatic rings. The second-order valence-electron chi connectivity index (χ2n) is 6.36. The third kappa shape index (κ3) is 5.49. The van der Waals surface area contributed by atoms with Gasteiger partial charge in [0, 0.05) is 38.8 Å². The summed E-state index contributed by atoms with van der Waals surface area (Å²) in [6.45, 7) is 12.2. The molecule has 2 saturated heterocycles. The van der Waals surface area contributed by atoms with Crippen LogP contribution in [-0.4, -0.2) is 72.9 Å². The average Bonchev–Trinajstić information content (AvgIpc) is 2.41. The molecule has 120 valence electrons. The molecule has 4 nitrogen and oxygen atoms in total. The van der Waals surface area contributed by atoms with Crippen molar-refractivity contribution in [2.75, 3.05) is 45.8 Å². The summed E-state index contributed by atoms with van der Waals surface area (Å²) in [6, 6.07) is 0.630. The van der Waals surface area contributed by atoms with Crippen LogP contribution in [0.5, 0.6) is 0 Å². The fourth-order valence-electron chi connectivity index (χ4n) is 3.52. The van der Waals surface area contributed by atoms with E-state index in [9.17, 15) is 5.11 Å². The Morgan fingerprint density at radius 1 is 1.25 bits per heavy atom. The van der Waals surface area contributed by atoms with Crippen LogP contribution in [0.2, 0.25) is 0 Å². The Balaban J connectivity index is 0.00000200. The predicted molar refractivity (Wildman–Crippen MR) is 86.6 cm³/mol. The van der Waals surface area contributed by atoms with E-state index in [2.05, 4.69) is 22.0 Å². The molecule has 2 atom stereocenters. The van der Waals surface area contributed by atoms with E-state index in [-0.39, 0.29) is 18.5 Å². The third-order valence-corrected chi connectivity index (χ3v) is 4.63. The summed E-state index contributed by atoms with van der Waals surface area (Å²) in [4.78, 5) is 5.13. The molecule has 2 fully saturated rings. The van der Waals surface area contributed by atoms with Crippen molar-refractivity contribution in [3.05, 3.63) is 0 Å². The van der Waals surface area contributed by atoms with Gasteiger partial charge in [0.15, 0.2) is 0 Å². The zero-order chi connectivity index (χ0) is 13.7. The summed E-state index contributed by atoms with van der Waals surface area (Å²) in [5, 5.41) is 13.0. The smallest absolute Gasteiger partial charge is 0.0639 e. The Morgan fingerprint density at radius 3 is 2.55 bits per heavy atom. The summed E-state index contributed by atoms with van der Waals surface area (Å²) < 4.78 is 0. The van der Waals surface area contributed by atoms with Gasteiger partial charge in [0.25, 0.3) is 0 Å². The number of β-amino-alcohol motifs (C(OH)–C–C–N with tert-alkyl or cyclic N) is 1. The van der Waals surface area contributed by atoms with Gasteiger partial charge < -0.3 is 15.3 Å². The number of halogens is 1. The highest BCUT2D eigenvalue weighted by Gasteiger charge is 2.27. The molecule has 0 radical (unpaired) electrons. The molecule has 0 spiro atoms. The van der Waals surface area contributed by atoms with Gasteiger partial charge in [-0.25, -0.2) is 0 Å². The first-order valence-corrected chi connectivity index (χ1v) is 8.04. The van der Waals surface area contributed by atoms with Crippen LogP contribution < -0.4 is 5.32 Å². The first-order chi connectivity index (χ1) is 9.19. The SMILES string of the molecule is CCC1CN(CC2CCNCC2)CCN1CC(C)O.Cl. The number of nitrogens with zero attached hydrogens (tertiary/aromatic N) is 2. The van der Waals surface area contributed by atoms with E-state index < -0.39 is 0 Å². The lowest BCUT2D eigenvalue weighted by molar-refractivity contribution is 0.0292. The molecule has 0 saturated carbocycles. The molecule has 2 aliphatic rings. The van der Waals surface area contributed by atoms with Gasteiger partial charge in [-0.1, -0.05) is 6.92 Å². The van der Waals surface area contributed by atoms with E-state index in [1.807, 2.05) is 6.92 Å². The fraction of sp³-hybridized carbons (Fsp3) is 1.00. The summed E-state index contributed by atoms with van der Waals surface area (Å²) >= 11 is 0. The zero-order valence-electron chi connectivity index (χ0n) is 13.1. The van der Waals surface area contributed by atoms with Crippen molar-refractivity contribution in [3.63, 3.8) is 0 Å². The van der Waals surface area contributed by atoms with Gasteiger partial charge in [0.05, 0.1) is 6.10 Å². The largest absolute Gasteiger partial charge is 0.392 e. The lowest BCUT2D eigenvalue weighted by atomic mass is 9.96. The topological polar surface area (TPSA) is 38.7 Å². The summed E-state index contributed by atoms with van der Waals surface area (Å²) in [7, 11) is 0. The van der Waals surface area contributed by atoms with Crippen molar-refractivity contribution >= 4 is 12.4 Å². The van der Waals surface area contributed by atoms with Crippen molar-refractivity contribution in [2.45, 2.75) is 45.3 Å². The molecule has 2 N–H and O–H groups in total. The molecule has 0 amide bonds. The summed E-state index contributed by atoms with van der Waals surface area (Å²) in [5.74, 6) is 0.891. The van der Waals surface area contributed by atoms with Gasteiger partial charge in [-0.2, -0.15) is 0 Å². The van der Waals surface area contributed by atoms with Crippen LogP contribution >= 0.6 is 12.4 Å². The van der Waals surface area contributed by atoms with Crippen molar-refractivity contribution in [1.29, 1.82) is 0 Å². The maximum atomic E-state index is 9.58. The van der Waals surface area contributed by atoms with Gasteiger partial charge in [0.2, 0.25) is 0 Å². The molecule has 5 heteroatoms. The van der Waals surface area contributed by atoms with E-state index >= 15 is 0 Å². The van der Waals surface area contributed by atoms with Gasteiger partial charge in [-0.05, 0) is 45.2 Å². The van der Waals surface area contributed by atoms with E-state index in [4.69, 9.17) is 0 Å². The van der Waals surface area contributed by atoms with Crippen LogP contribution in [0.1, 0.15) is 33.1 Å². The number of hydrogen-bond donors (Lipinski definition) is 2. The number of aliphatic hydroxyl groups is 1. The van der Waals surface area contributed by atoms with Gasteiger partial charge in [-0.15, -0.1) is 12.4 Å². The molecular formula is C15H32ClN3O. The van der Waals surface area contributed by atoms with Gasteiger partial charge in [-0.3, -0.25) is 4.90 Å². The molecule has 2 aliphatic heterocycles. The number of piperazine rings is 1. The monoisotopic (exact) mass is 305 g/mol. The van der Waals surface area contributed by atoms with Crippen LogP contribution in [0.15, 0.2) is 0 Å². The molecule has 2 unspecified atom stereocenters. The first kappa shape index (κ1) is 18.2. The number of piperidine rings is 1. The zero-order valence-corrected chi connectivity index (χ0v) is 13.9. The minimum atomic E-state index is -0.204. The normalized spacial score (nSPS) is 28.1. The van der Waals surface area contributed by atoms with E-state index in [1.54, 1.807) is 0 Å². The maximum Gasteiger partial charge on any atom is 0.0639 e. The molecular weight excluding hydrogens is 274 g/mol. The lowest BCUT2D eigenvalue weighted by Gasteiger charge is -2.43. The van der Waals surface area contributed by atoms with Crippen LogP contribution in [0.3, 0.4) is 0 Å². The van der Waals surface area contributed by atoms with Crippen LogP contribution in [-0.2, 0) is 0 Å². The highest BCUT2D eigenvalue weighted by Crippen LogP contribution is 2.18. The van der Waals surface area contributed by atoms with Crippen LogP contribution in [0.4, 0.5) is 0 Å². The van der Waals surface area contributed by atoms with E-state index in [0.29, 0.717) is 6.04 Å². The van der Waals surface area contributed by atoms with Crippen molar-refractivity contribution in [1.82, 2.24) is 15.1 Å². The highest BCUT2D eigenvalue weighted by molar-refractivity contribution is 5.85. The maximum absolute atomic E-state index is 9.58. The van der Waals surface area contributed by atoms with E-state index in [1.165, 1.54) is 52.0 Å². The Morgan fingerprint density at radius 2 is 1.95 bits per heavy atom. The minimum absolute atomic E-state index is 0. The number of aliphatic hydroxyl groups excluding tert-OH is 1. The minimum Gasteiger partial charge on any atom is -0.392 e. The Labute approximate surface area is 130 Å². The van der Waals surface area contributed by atoms with E-state index in [0.717, 1.165) is 19.0 Å². The van der Waals surface area contributed by atoms with Crippen LogP contribution in [0, 0.1) is 5.92 Å². The Bertz CT molecular complexity index is 260. The first-order valence-electron chi connectivity index (χ1n) is 8.04. The highest BCUT2D eigenvalue weighted by atomic mass is 35.5. The quantitative estimate of drug-likeness (QED) is 0.800. The van der Waals surface area contributed by atoms with Gasteiger partial charge >= 0.3 is 0 Å². The number of nitrogens with one attached hydrogen (secondary N) is 1. The molecule has 20 heavy (non-hydrogen) atoms. The van der Waals surface area contributed by atoms with Crippen molar-refractivity contribution in [2.24, 2.45) is 5.92 Å². The number of hydrogen-bond acceptors (Lipinski definition) is 4. The molecule has 0 aliphatic carbocycles. The number of rotatable bonds is 5. The fourth-order valence-corrected chi connectivity index (χ4v) is 3.52. The molecule has 0 bridgehead atoms. The Hall–Kier alpha value is 0.130. The second-order valence-corrected chi connectivity index (χ2v) is 6.36. The molecule has 0 aromatic heterocycles. The van der Waals surface area contributed by atoms with Crippen molar-refractivity contribution < 1.29 is 5.11 Å². The van der Waals surface area contributed by atoms with Gasteiger partial charge in [0.1, 0.15) is 0 Å². The molecule has 2 heterocycles. The molecule has 2 rings (SSSR count). The standard InChI is InChI=1S/C15H31N3O.ClH/c1-3-15-12-17(8-9-18(15)10-13(2)19)11-14-4-6-16-7-5-14;/h13-16,19H,3-12H2,1-2H3;1H. The van der Waals surface area contributed by atoms with Crippen molar-refractivity contribution in [3.8, 4) is 0 Å².